The zero-order valence-corrected chi connectivity index (χ0v) is 27.2. The van der Waals surface area contributed by atoms with Crippen molar-refractivity contribution in [2.24, 2.45) is 29.1 Å². The maximum absolute atomic E-state index is 5.51. The van der Waals surface area contributed by atoms with Crippen LogP contribution in [-0.4, -0.2) is 9.38 Å². The van der Waals surface area contributed by atoms with E-state index in [1.807, 2.05) is 0 Å². The predicted octanol–water partition coefficient (Wildman–Crippen LogP) is 11.3. The summed E-state index contributed by atoms with van der Waals surface area (Å²) in [6, 6.07) is 17.5. The molecule has 5 fully saturated rings. The van der Waals surface area contributed by atoms with E-state index in [4.69, 9.17) is 4.98 Å². The van der Waals surface area contributed by atoms with Gasteiger partial charge in [-0.2, -0.15) is 0 Å². The minimum atomic E-state index is 0.648. The second-order valence-electron chi connectivity index (χ2n) is 17.8. The molecule has 8 aliphatic carbocycles. The van der Waals surface area contributed by atoms with Crippen LogP contribution in [0.2, 0.25) is 0 Å². The van der Waals surface area contributed by atoms with Crippen molar-refractivity contribution in [2.45, 2.75) is 102 Å². The van der Waals surface area contributed by atoms with Gasteiger partial charge in [-0.25, -0.2) is 0 Å². The average molecular weight is 599 g/mol. The third kappa shape index (κ3) is 2.70. The first-order valence-corrected chi connectivity index (χ1v) is 18.8. The van der Waals surface area contributed by atoms with Crippen molar-refractivity contribution in [1.82, 2.24) is 9.38 Å². The van der Waals surface area contributed by atoms with E-state index < -0.39 is 0 Å². The third-order valence-corrected chi connectivity index (χ3v) is 15.9. The number of pyridine rings is 1. The summed E-state index contributed by atoms with van der Waals surface area (Å²) >= 11 is 0. The van der Waals surface area contributed by atoms with Crippen molar-refractivity contribution in [3.8, 4) is 11.1 Å². The molecule has 0 saturated heterocycles. The van der Waals surface area contributed by atoms with Gasteiger partial charge in [0.05, 0.1) is 22.7 Å². The Hall–Kier alpha value is -3.39. The summed E-state index contributed by atoms with van der Waals surface area (Å²) in [5, 5.41) is 6.04. The van der Waals surface area contributed by atoms with E-state index in [0.717, 1.165) is 35.5 Å². The average Bonchev–Trinajstić information content (AvgIpc) is 3.68. The highest BCUT2D eigenvalue weighted by Gasteiger charge is 2.66. The molecule has 0 aliphatic heterocycles. The van der Waals surface area contributed by atoms with Gasteiger partial charge in [-0.05, 0) is 188 Å². The Kier molecular flexibility index (Phi) is 4.21. The van der Waals surface area contributed by atoms with Gasteiger partial charge in [0.15, 0.2) is 0 Å². The van der Waals surface area contributed by atoms with Gasteiger partial charge in [-0.1, -0.05) is 18.2 Å². The molecule has 3 aromatic carbocycles. The lowest BCUT2D eigenvalue weighted by molar-refractivity contribution is 0.00321. The topological polar surface area (TPSA) is 17.3 Å². The highest BCUT2D eigenvalue weighted by molar-refractivity contribution is 6.25. The molecule has 8 aliphatic rings. The molecule has 228 valence electrons. The molecular formula is C44H42N2. The zero-order chi connectivity index (χ0) is 29.8. The Labute approximate surface area is 270 Å². The molecule has 14 rings (SSSR count). The smallest absolute Gasteiger partial charge is 0.0728 e. The molecule has 7 bridgehead atoms. The number of benzene rings is 3. The maximum Gasteiger partial charge on any atom is 0.0728 e. The van der Waals surface area contributed by atoms with Crippen LogP contribution in [0.4, 0.5) is 0 Å². The SMILES string of the molecule is Cc1cccc(C)c1-c1cc2c3cc4c(cc3n3c5cnc6c(c5c(c1)c23)C1CC2CC3CC6CC32C1)C1CC2CC(CC4C2)C1. The Morgan fingerprint density at radius 3 is 2.15 bits per heavy atom. The number of hydrogen-bond acceptors (Lipinski definition) is 1. The van der Waals surface area contributed by atoms with E-state index in [9.17, 15) is 0 Å². The zero-order valence-electron chi connectivity index (χ0n) is 27.2. The third-order valence-electron chi connectivity index (χ3n) is 15.9. The van der Waals surface area contributed by atoms with Crippen molar-refractivity contribution in [3.63, 3.8) is 0 Å². The Balaban J connectivity index is 1.18. The minimum absolute atomic E-state index is 0.648. The lowest BCUT2D eigenvalue weighted by atomic mass is 9.56. The summed E-state index contributed by atoms with van der Waals surface area (Å²) in [6.07, 6.45) is 16.7. The normalized spacial score (nSPS) is 36.1. The Morgan fingerprint density at radius 1 is 0.674 bits per heavy atom. The van der Waals surface area contributed by atoms with E-state index >= 15 is 0 Å². The van der Waals surface area contributed by atoms with Crippen LogP contribution < -0.4 is 0 Å². The molecule has 2 heteroatoms. The van der Waals surface area contributed by atoms with Gasteiger partial charge in [0, 0.05) is 33.2 Å². The number of fused-ring (bicyclic) bond motifs is 12. The van der Waals surface area contributed by atoms with Crippen LogP contribution >= 0.6 is 0 Å². The quantitative estimate of drug-likeness (QED) is 0.184. The van der Waals surface area contributed by atoms with E-state index in [2.05, 4.69) is 66.9 Å². The molecular weight excluding hydrogens is 556 g/mol. The largest absolute Gasteiger partial charge is 0.306 e. The van der Waals surface area contributed by atoms with Crippen LogP contribution in [-0.2, 0) is 0 Å². The summed E-state index contributed by atoms with van der Waals surface area (Å²) in [5.41, 5.74) is 17.2. The number of aromatic nitrogens is 2. The summed E-state index contributed by atoms with van der Waals surface area (Å²) in [4.78, 5) is 5.51. The molecule has 3 heterocycles. The molecule has 5 saturated carbocycles. The van der Waals surface area contributed by atoms with Crippen molar-refractivity contribution >= 4 is 38.1 Å². The van der Waals surface area contributed by atoms with E-state index in [1.54, 1.807) is 22.1 Å². The highest BCUT2D eigenvalue weighted by atomic mass is 14.9. The first kappa shape index (κ1) is 24.7. The monoisotopic (exact) mass is 598 g/mol. The molecule has 6 aromatic rings. The highest BCUT2D eigenvalue weighted by Crippen LogP contribution is 2.76. The van der Waals surface area contributed by atoms with Gasteiger partial charge in [0.25, 0.3) is 0 Å². The number of nitrogens with zero attached hydrogens (tertiary/aromatic N) is 2. The molecule has 0 amide bonds. The summed E-state index contributed by atoms with van der Waals surface area (Å²) in [7, 11) is 0. The van der Waals surface area contributed by atoms with Crippen molar-refractivity contribution in [2.75, 3.05) is 0 Å². The van der Waals surface area contributed by atoms with E-state index in [1.165, 1.54) is 125 Å². The molecule has 2 nitrogen and oxygen atoms in total. The van der Waals surface area contributed by atoms with Crippen LogP contribution in [0.5, 0.6) is 0 Å². The van der Waals surface area contributed by atoms with E-state index in [-0.39, 0.29) is 0 Å². The maximum atomic E-state index is 5.51. The molecule has 7 unspecified atom stereocenters. The van der Waals surface area contributed by atoms with E-state index in [0.29, 0.717) is 17.3 Å². The predicted molar refractivity (Wildman–Crippen MR) is 187 cm³/mol. The van der Waals surface area contributed by atoms with Gasteiger partial charge >= 0.3 is 0 Å². The summed E-state index contributed by atoms with van der Waals surface area (Å²) < 4.78 is 2.71. The van der Waals surface area contributed by atoms with Gasteiger partial charge in [-0.3, -0.25) is 4.98 Å². The van der Waals surface area contributed by atoms with Crippen LogP contribution in [0.1, 0.15) is 121 Å². The van der Waals surface area contributed by atoms with Crippen molar-refractivity contribution in [3.05, 3.63) is 82.2 Å². The molecule has 7 atom stereocenters. The second-order valence-corrected chi connectivity index (χ2v) is 17.8. The molecule has 3 aromatic heterocycles. The Bertz CT molecular complexity index is 2340. The lowest BCUT2D eigenvalue weighted by Crippen LogP contribution is -2.41. The second kappa shape index (κ2) is 7.83. The van der Waals surface area contributed by atoms with Gasteiger partial charge in [0.1, 0.15) is 0 Å². The van der Waals surface area contributed by atoms with Gasteiger partial charge < -0.3 is 4.40 Å². The molecule has 46 heavy (non-hydrogen) atoms. The van der Waals surface area contributed by atoms with Crippen molar-refractivity contribution in [1.29, 1.82) is 0 Å². The molecule has 1 spiro atoms. The molecule has 0 radical (unpaired) electrons. The number of hydrogen-bond donors (Lipinski definition) is 0. The fourth-order valence-electron chi connectivity index (χ4n) is 14.5. The minimum Gasteiger partial charge on any atom is -0.306 e. The van der Waals surface area contributed by atoms with Crippen LogP contribution in [0.25, 0.3) is 49.2 Å². The lowest BCUT2D eigenvalue weighted by Gasteiger charge is -2.48. The number of rotatable bonds is 1. The fraction of sp³-hybridized carbons (Fsp3) is 0.477. The van der Waals surface area contributed by atoms with Crippen LogP contribution in [0, 0.1) is 42.9 Å². The first-order chi connectivity index (χ1) is 22.5. The fourth-order valence-corrected chi connectivity index (χ4v) is 14.5. The summed E-state index contributed by atoms with van der Waals surface area (Å²) in [6.45, 7) is 4.62. The van der Waals surface area contributed by atoms with Gasteiger partial charge in [-0.15, -0.1) is 0 Å². The van der Waals surface area contributed by atoms with Crippen LogP contribution in [0.3, 0.4) is 0 Å². The van der Waals surface area contributed by atoms with Gasteiger partial charge in [0.2, 0.25) is 0 Å². The summed E-state index contributed by atoms with van der Waals surface area (Å²) in [5.74, 6) is 6.73. The molecule has 0 N–H and O–H groups in total. The first-order valence-electron chi connectivity index (χ1n) is 18.8. The van der Waals surface area contributed by atoms with Crippen LogP contribution in [0.15, 0.2) is 48.7 Å². The Morgan fingerprint density at radius 2 is 1.37 bits per heavy atom. The number of aryl methyl sites for hydroxylation is 2. The standard InChI is InChI=1S/C44H42N2/c1-21-4-3-5-22(2)39(21)27-13-35-34-16-32-25-7-23-6-24(8-25)10-26(9-23)33(32)17-37(34)46-38-20-45-42-29-12-31-15-30-11-28(18-44(30,31)19-29)40(42)41(38)36(14-27)43(35)46/h3-5,13-14,16-17,20,23-26,28-31H,6-12,15,18-19H2,1-2H3. The van der Waals surface area contributed by atoms with Crippen molar-refractivity contribution < 1.29 is 0 Å².